The van der Waals surface area contributed by atoms with Crippen LogP contribution in [0.4, 0.5) is 5.69 Å². The van der Waals surface area contributed by atoms with Gasteiger partial charge in [-0.1, -0.05) is 25.3 Å². The molecule has 1 saturated carbocycles. The smallest absolute Gasteiger partial charge is 0.241 e. The Labute approximate surface area is 120 Å². The fourth-order valence-corrected chi connectivity index (χ4v) is 2.62. The first kappa shape index (κ1) is 14.5. The maximum absolute atomic E-state index is 12.1. The summed E-state index contributed by atoms with van der Waals surface area (Å²) in [5, 5.41) is 15.1. The molecular formula is C16H21N3O. The van der Waals surface area contributed by atoms with Crippen LogP contribution in [0.5, 0.6) is 0 Å². The summed E-state index contributed by atoms with van der Waals surface area (Å²) in [6, 6.07) is 9.28. The molecule has 0 spiro atoms. The Morgan fingerprint density at radius 2 is 2.10 bits per heavy atom. The fourth-order valence-electron chi connectivity index (χ4n) is 2.62. The van der Waals surface area contributed by atoms with Gasteiger partial charge in [0, 0.05) is 11.7 Å². The number of nitrogens with one attached hydrogen (secondary N) is 2. The van der Waals surface area contributed by atoms with Crippen molar-refractivity contribution in [2.75, 3.05) is 5.32 Å². The van der Waals surface area contributed by atoms with E-state index < -0.39 is 0 Å². The number of amides is 1. The van der Waals surface area contributed by atoms with Gasteiger partial charge in [0.15, 0.2) is 0 Å². The van der Waals surface area contributed by atoms with Crippen LogP contribution in [0.25, 0.3) is 0 Å². The van der Waals surface area contributed by atoms with Crippen LogP contribution in [0, 0.1) is 11.3 Å². The van der Waals surface area contributed by atoms with Crippen LogP contribution < -0.4 is 10.6 Å². The minimum absolute atomic E-state index is 0.0503. The summed E-state index contributed by atoms with van der Waals surface area (Å²) in [6.45, 7) is 1.89. The van der Waals surface area contributed by atoms with Crippen LogP contribution in [0.2, 0.25) is 0 Å². The number of hydrogen-bond acceptors (Lipinski definition) is 3. The third kappa shape index (κ3) is 4.07. The lowest BCUT2D eigenvalue weighted by Gasteiger charge is -2.26. The van der Waals surface area contributed by atoms with Gasteiger partial charge < -0.3 is 10.6 Å². The minimum Gasteiger partial charge on any atom is -0.325 e. The number of benzene rings is 1. The van der Waals surface area contributed by atoms with Crippen molar-refractivity contribution < 1.29 is 4.79 Å². The second-order valence-electron chi connectivity index (χ2n) is 5.41. The van der Waals surface area contributed by atoms with Crippen LogP contribution >= 0.6 is 0 Å². The number of nitrogens with zero attached hydrogens (tertiary/aromatic N) is 1. The standard InChI is InChI=1S/C16H21N3O/c1-12(18-14-7-3-2-4-8-14)16(20)19-15-9-5-6-13(10-15)11-17/h5-6,9-10,12,14,18H,2-4,7-8H2,1H3,(H,19,20)/t12-/m1/s1. The van der Waals surface area contributed by atoms with Gasteiger partial charge in [-0.3, -0.25) is 4.79 Å². The summed E-state index contributed by atoms with van der Waals surface area (Å²) >= 11 is 0. The Kier molecular flexibility index (Phi) is 5.14. The van der Waals surface area contributed by atoms with E-state index in [1.165, 1.54) is 19.3 Å². The average molecular weight is 271 g/mol. The van der Waals surface area contributed by atoms with E-state index in [1.54, 1.807) is 24.3 Å². The summed E-state index contributed by atoms with van der Waals surface area (Å²) < 4.78 is 0. The van der Waals surface area contributed by atoms with Gasteiger partial charge in [0.05, 0.1) is 17.7 Å². The summed E-state index contributed by atoms with van der Waals surface area (Å²) in [4.78, 5) is 12.1. The molecule has 0 saturated heterocycles. The summed E-state index contributed by atoms with van der Waals surface area (Å²) in [5.41, 5.74) is 1.22. The van der Waals surface area contributed by atoms with Gasteiger partial charge in [-0.25, -0.2) is 0 Å². The largest absolute Gasteiger partial charge is 0.325 e. The first-order valence-electron chi connectivity index (χ1n) is 7.26. The molecule has 4 heteroatoms. The van der Waals surface area contributed by atoms with Gasteiger partial charge in [-0.15, -0.1) is 0 Å². The number of carbonyl (C=O) groups is 1. The quantitative estimate of drug-likeness (QED) is 0.885. The minimum atomic E-state index is -0.219. The molecule has 1 amide bonds. The average Bonchev–Trinajstić information content (AvgIpc) is 2.48. The number of carbonyl (C=O) groups excluding carboxylic acids is 1. The molecule has 2 N–H and O–H groups in total. The van der Waals surface area contributed by atoms with Gasteiger partial charge in [0.2, 0.25) is 5.91 Å². The zero-order valence-electron chi connectivity index (χ0n) is 11.9. The van der Waals surface area contributed by atoms with Gasteiger partial charge >= 0.3 is 0 Å². The molecule has 1 atom stereocenters. The highest BCUT2D eigenvalue weighted by molar-refractivity contribution is 5.94. The predicted molar refractivity (Wildman–Crippen MR) is 79.3 cm³/mol. The highest BCUT2D eigenvalue weighted by atomic mass is 16.2. The maximum Gasteiger partial charge on any atom is 0.241 e. The Morgan fingerprint density at radius 3 is 2.80 bits per heavy atom. The zero-order valence-corrected chi connectivity index (χ0v) is 11.9. The molecule has 0 bridgehead atoms. The lowest BCUT2D eigenvalue weighted by atomic mass is 9.95. The van der Waals surface area contributed by atoms with Crippen molar-refractivity contribution in [3.05, 3.63) is 29.8 Å². The van der Waals surface area contributed by atoms with Gasteiger partial charge in [0.25, 0.3) is 0 Å². The molecular weight excluding hydrogens is 250 g/mol. The number of nitriles is 1. The predicted octanol–water partition coefficient (Wildman–Crippen LogP) is 2.81. The maximum atomic E-state index is 12.1. The molecule has 0 aromatic heterocycles. The van der Waals surface area contributed by atoms with E-state index in [2.05, 4.69) is 16.7 Å². The molecule has 0 radical (unpaired) electrons. The second kappa shape index (κ2) is 7.06. The number of hydrogen-bond donors (Lipinski definition) is 2. The van der Waals surface area contributed by atoms with Crippen molar-refractivity contribution in [2.24, 2.45) is 0 Å². The summed E-state index contributed by atoms with van der Waals surface area (Å²) in [5.74, 6) is -0.0503. The monoisotopic (exact) mass is 271 g/mol. The Morgan fingerprint density at radius 1 is 1.35 bits per heavy atom. The molecule has 0 unspecified atom stereocenters. The van der Waals surface area contributed by atoms with Crippen molar-refractivity contribution in [2.45, 2.75) is 51.1 Å². The Balaban J connectivity index is 1.88. The molecule has 0 aliphatic heterocycles. The van der Waals surface area contributed by atoms with Crippen molar-refractivity contribution in [3.8, 4) is 6.07 Å². The molecule has 1 aliphatic carbocycles. The lowest BCUT2D eigenvalue weighted by Crippen LogP contribution is -2.44. The first-order valence-corrected chi connectivity index (χ1v) is 7.26. The van der Waals surface area contributed by atoms with Crippen molar-refractivity contribution >= 4 is 11.6 Å². The van der Waals surface area contributed by atoms with Crippen LogP contribution in [-0.2, 0) is 4.79 Å². The van der Waals surface area contributed by atoms with Crippen LogP contribution in [-0.4, -0.2) is 18.0 Å². The Hall–Kier alpha value is -1.86. The zero-order chi connectivity index (χ0) is 14.4. The van der Waals surface area contributed by atoms with Crippen molar-refractivity contribution in [1.29, 1.82) is 5.26 Å². The van der Waals surface area contributed by atoms with E-state index in [0.717, 1.165) is 12.8 Å². The second-order valence-corrected chi connectivity index (χ2v) is 5.41. The van der Waals surface area contributed by atoms with Gasteiger partial charge in [-0.2, -0.15) is 5.26 Å². The third-order valence-electron chi connectivity index (χ3n) is 3.74. The topological polar surface area (TPSA) is 64.9 Å². The number of rotatable bonds is 4. The molecule has 1 fully saturated rings. The molecule has 1 aliphatic rings. The van der Waals surface area contributed by atoms with E-state index >= 15 is 0 Å². The van der Waals surface area contributed by atoms with Crippen LogP contribution in [0.3, 0.4) is 0 Å². The highest BCUT2D eigenvalue weighted by Crippen LogP contribution is 2.18. The van der Waals surface area contributed by atoms with E-state index in [9.17, 15) is 4.79 Å². The summed E-state index contributed by atoms with van der Waals surface area (Å²) in [6.07, 6.45) is 6.11. The Bertz CT molecular complexity index is 501. The van der Waals surface area contributed by atoms with Crippen molar-refractivity contribution in [1.82, 2.24) is 5.32 Å². The van der Waals surface area contributed by atoms with Crippen LogP contribution in [0.1, 0.15) is 44.6 Å². The van der Waals surface area contributed by atoms with E-state index in [0.29, 0.717) is 17.3 Å². The van der Waals surface area contributed by atoms with Gasteiger partial charge in [-0.05, 0) is 38.0 Å². The SMILES string of the molecule is C[C@@H](NC1CCCCC1)C(=O)Nc1cccc(C#N)c1. The third-order valence-corrected chi connectivity index (χ3v) is 3.74. The molecule has 2 rings (SSSR count). The highest BCUT2D eigenvalue weighted by Gasteiger charge is 2.19. The van der Waals surface area contributed by atoms with E-state index in [-0.39, 0.29) is 11.9 Å². The normalized spacial score (nSPS) is 17.2. The molecule has 20 heavy (non-hydrogen) atoms. The van der Waals surface area contributed by atoms with E-state index in [4.69, 9.17) is 5.26 Å². The van der Waals surface area contributed by atoms with Crippen molar-refractivity contribution in [3.63, 3.8) is 0 Å². The molecule has 106 valence electrons. The molecule has 1 aromatic rings. The fraction of sp³-hybridized carbons (Fsp3) is 0.500. The first-order chi connectivity index (χ1) is 9.69. The molecule has 0 heterocycles. The molecule has 4 nitrogen and oxygen atoms in total. The van der Waals surface area contributed by atoms with Crippen LogP contribution in [0.15, 0.2) is 24.3 Å². The number of anilines is 1. The lowest BCUT2D eigenvalue weighted by molar-refractivity contribution is -0.118. The molecule has 1 aromatic carbocycles. The van der Waals surface area contributed by atoms with Gasteiger partial charge in [0.1, 0.15) is 0 Å². The van der Waals surface area contributed by atoms with E-state index in [1.807, 2.05) is 6.92 Å². The summed E-state index contributed by atoms with van der Waals surface area (Å²) in [7, 11) is 0.